The van der Waals surface area contributed by atoms with Gasteiger partial charge in [-0.3, -0.25) is 0 Å². The van der Waals surface area contributed by atoms with Gasteiger partial charge in [0.05, 0.1) is 0 Å². The van der Waals surface area contributed by atoms with E-state index in [1.807, 2.05) is 6.92 Å². The molecular weight excluding hydrogens is 424 g/mol. The van der Waals surface area contributed by atoms with E-state index in [1.165, 1.54) is 153 Å². The fraction of sp³-hybridized carbons (Fsp3) is 0.824. The first-order chi connectivity index (χ1) is 17.1. The molecule has 1 N–H and O–H groups in total. The number of phenols is 1. The Morgan fingerprint density at radius 1 is 0.543 bits per heavy atom. The molecule has 0 bridgehead atoms. The summed E-state index contributed by atoms with van der Waals surface area (Å²) in [6, 6.07) is 4.25. The molecule has 1 aromatic rings. The maximum Gasteiger partial charge on any atom is 0.121 e. The van der Waals surface area contributed by atoms with Crippen LogP contribution in [0.5, 0.6) is 5.75 Å². The van der Waals surface area contributed by atoms with Crippen molar-refractivity contribution in [1.29, 1.82) is 0 Å². The normalized spacial score (nSPS) is 12.3. The third-order valence-corrected chi connectivity index (χ3v) is 8.00. The quantitative estimate of drug-likeness (QED) is 0.144. The van der Waals surface area contributed by atoms with Gasteiger partial charge in [-0.05, 0) is 37.3 Å². The van der Waals surface area contributed by atoms with Crippen molar-refractivity contribution in [3.63, 3.8) is 0 Å². The Bertz CT molecular complexity index is 605. The first kappa shape index (κ1) is 32.0. The van der Waals surface area contributed by atoms with Gasteiger partial charge in [0.25, 0.3) is 0 Å². The minimum Gasteiger partial charge on any atom is -0.507 e. The molecule has 0 aliphatic heterocycles. The second-order valence-electron chi connectivity index (χ2n) is 11.6. The molecule has 0 aromatic heterocycles. The molecule has 0 spiro atoms. The van der Waals surface area contributed by atoms with E-state index in [-0.39, 0.29) is 0 Å². The zero-order valence-electron chi connectivity index (χ0n) is 24.4. The summed E-state index contributed by atoms with van der Waals surface area (Å²) >= 11 is 0. The Balaban J connectivity index is 1.80. The van der Waals surface area contributed by atoms with Crippen LogP contribution < -0.4 is 0 Å². The van der Waals surface area contributed by atoms with Crippen molar-refractivity contribution in [2.45, 2.75) is 181 Å². The summed E-state index contributed by atoms with van der Waals surface area (Å²) in [7, 11) is 0. The van der Waals surface area contributed by atoms with Crippen LogP contribution in [-0.4, -0.2) is 5.11 Å². The van der Waals surface area contributed by atoms with Gasteiger partial charge in [-0.25, -0.2) is 0 Å². The van der Waals surface area contributed by atoms with Crippen LogP contribution in [0.2, 0.25) is 0 Å². The lowest BCUT2D eigenvalue weighted by atomic mass is 9.91. The largest absolute Gasteiger partial charge is 0.507 e. The molecule has 204 valence electrons. The molecule has 1 unspecified atom stereocenters. The summed E-state index contributed by atoms with van der Waals surface area (Å²) in [6.07, 6.45) is 32.8. The molecule has 1 aromatic carbocycles. The first-order valence-corrected chi connectivity index (χ1v) is 15.9. The summed E-state index contributed by atoms with van der Waals surface area (Å²) in [5.74, 6) is 0.973. The van der Waals surface area contributed by atoms with E-state index >= 15 is 0 Å². The van der Waals surface area contributed by atoms with Crippen molar-refractivity contribution >= 4 is 0 Å². The number of aryl methyl sites for hydroxylation is 2. The number of benzene rings is 1. The smallest absolute Gasteiger partial charge is 0.121 e. The standard InChI is InChI=1S/C34H62O/c1-5-6-7-8-9-10-11-12-13-14-15-16-17-18-19-20-21-22-23-24-25-26-27-31(3)33-29-30(2)28-32(4)34(33)35/h28-29,31,35H,5-27H2,1-4H3. The zero-order valence-corrected chi connectivity index (χ0v) is 24.4. The van der Waals surface area contributed by atoms with Gasteiger partial charge >= 0.3 is 0 Å². The van der Waals surface area contributed by atoms with Gasteiger partial charge in [0.15, 0.2) is 0 Å². The Morgan fingerprint density at radius 2 is 0.886 bits per heavy atom. The van der Waals surface area contributed by atoms with Crippen LogP contribution in [-0.2, 0) is 0 Å². The molecule has 0 aliphatic carbocycles. The zero-order chi connectivity index (χ0) is 25.6. The molecule has 1 rings (SSSR count). The van der Waals surface area contributed by atoms with Crippen LogP contribution in [0.25, 0.3) is 0 Å². The number of phenolic OH excluding ortho intramolecular Hbond substituents is 1. The Kier molecular flexibility index (Phi) is 20.4. The lowest BCUT2D eigenvalue weighted by Gasteiger charge is -2.16. The van der Waals surface area contributed by atoms with Gasteiger partial charge in [0, 0.05) is 0 Å². The highest BCUT2D eigenvalue weighted by molar-refractivity contribution is 5.44. The molecule has 0 fully saturated rings. The molecule has 35 heavy (non-hydrogen) atoms. The average molecular weight is 487 g/mol. The lowest BCUT2D eigenvalue weighted by Crippen LogP contribution is -1.97. The van der Waals surface area contributed by atoms with Crippen molar-refractivity contribution < 1.29 is 5.11 Å². The van der Waals surface area contributed by atoms with E-state index in [1.54, 1.807) is 0 Å². The number of hydrogen-bond acceptors (Lipinski definition) is 1. The first-order valence-electron chi connectivity index (χ1n) is 15.9. The maximum atomic E-state index is 10.4. The van der Waals surface area contributed by atoms with E-state index in [9.17, 15) is 5.11 Å². The van der Waals surface area contributed by atoms with Crippen molar-refractivity contribution in [2.75, 3.05) is 0 Å². The highest BCUT2D eigenvalue weighted by Gasteiger charge is 2.12. The van der Waals surface area contributed by atoms with Crippen molar-refractivity contribution in [2.24, 2.45) is 0 Å². The monoisotopic (exact) mass is 486 g/mol. The van der Waals surface area contributed by atoms with E-state index in [0.29, 0.717) is 11.7 Å². The van der Waals surface area contributed by atoms with Crippen LogP contribution in [0.4, 0.5) is 0 Å². The van der Waals surface area contributed by atoms with Crippen LogP contribution in [0.1, 0.15) is 184 Å². The van der Waals surface area contributed by atoms with Crippen LogP contribution in [0, 0.1) is 13.8 Å². The number of aromatic hydroxyl groups is 1. The number of unbranched alkanes of at least 4 members (excludes halogenated alkanes) is 21. The molecule has 0 aliphatic rings. The molecule has 1 heteroatoms. The molecule has 0 saturated carbocycles. The minimum absolute atomic E-state index is 0.457. The number of rotatable bonds is 24. The Morgan fingerprint density at radius 3 is 1.26 bits per heavy atom. The molecule has 1 atom stereocenters. The van der Waals surface area contributed by atoms with Crippen molar-refractivity contribution in [3.8, 4) is 5.75 Å². The average Bonchev–Trinajstić information content (AvgIpc) is 2.84. The maximum absolute atomic E-state index is 10.4. The fourth-order valence-electron chi connectivity index (χ4n) is 5.58. The van der Waals surface area contributed by atoms with Gasteiger partial charge < -0.3 is 5.11 Å². The van der Waals surface area contributed by atoms with E-state index in [2.05, 4.69) is 32.9 Å². The van der Waals surface area contributed by atoms with Gasteiger partial charge in [-0.15, -0.1) is 0 Å². The summed E-state index contributed by atoms with van der Waals surface area (Å²) in [6.45, 7) is 8.71. The summed E-state index contributed by atoms with van der Waals surface area (Å²) in [4.78, 5) is 0. The fourth-order valence-corrected chi connectivity index (χ4v) is 5.58. The Hall–Kier alpha value is -0.980. The summed E-state index contributed by atoms with van der Waals surface area (Å²) < 4.78 is 0. The van der Waals surface area contributed by atoms with E-state index in [0.717, 1.165) is 11.1 Å². The van der Waals surface area contributed by atoms with Gasteiger partial charge in [0.1, 0.15) is 5.75 Å². The summed E-state index contributed by atoms with van der Waals surface area (Å²) in [5.41, 5.74) is 3.42. The number of hydrogen-bond donors (Lipinski definition) is 1. The second-order valence-corrected chi connectivity index (χ2v) is 11.6. The SMILES string of the molecule is CCCCCCCCCCCCCCCCCCCCCCCCC(C)c1cc(C)cc(C)c1O. The molecule has 1 nitrogen and oxygen atoms in total. The molecule has 0 heterocycles. The van der Waals surface area contributed by atoms with Crippen molar-refractivity contribution in [1.82, 2.24) is 0 Å². The third kappa shape index (κ3) is 17.2. The van der Waals surface area contributed by atoms with Crippen molar-refractivity contribution in [3.05, 3.63) is 28.8 Å². The predicted octanol–water partition coefficient (Wildman–Crippen LogP) is 12.1. The highest BCUT2D eigenvalue weighted by atomic mass is 16.3. The molecule has 0 amide bonds. The van der Waals surface area contributed by atoms with E-state index < -0.39 is 0 Å². The third-order valence-electron chi connectivity index (χ3n) is 8.00. The van der Waals surface area contributed by atoms with Gasteiger partial charge in [-0.1, -0.05) is 173 Å². The van der Waals surface area contributed by atoms with Crippen LogP contribution in [0.15, 0.2) is 12.1 Å². The van der Waals surface area contributed by atoms with Gasteiger partial charge in [0.2, 0.25) is 0 Å². The Labute approximate surface area is 220 Å². The molecular formula is C34H62O. The molecule has 0 saturated heterocycles. The lowest BCUT2D eigenvalue weighted by molar-refractivity contribution is 0.453. The predicted molar refractivity (Wildman–Crippen MR) is 158 cm³/mol. The second kappa shape index (κ2) is 22.2. The minimum atomic E-state index is 0.457. The molecule has 0 radical (unpaired) electrons. The van der Waals surface area contributed by atoms with Crippen LogP contribution in [0.3, 0.4) is 0 Å². The van der Waals surface area contributed by atoms with Gasteiger partial charge in [-0.2, -0.15) is 0 Å². The summed E-state index contributed by atoms with van der Waals surface area (Å²) in [5, 5.41) is 10.4. The van der Waals surface area contributed by atoms with E-state index in [4.69, 9.17) is 0 Å². The highest BCUT2D eigenvalue weighted by Crippen LogP contribution is 2.33. The van der Waals surface area contributed by atoms with Crippen LogP contribution >= 0.6 is 0 Å². The topological polar surface area (TPSA) is 20.2 Å².